The predicted octanol–water partition coefficient (Wildman–Crippen LogP) is 4.34. The number of nitrogens with two attached hydrogens (primary N) is 1. The quantitative estimate of drug-likeness (QED) is 0.911. The fraction of sp³-hybridized carbons (Fsp3) is 0.200. The highest BCUT2D eigenvalue weighted by Crippen LogP contribution is 2.32. The molecule has 0 radical (unpaired) electrons. The average molecular weight is 296 g/mol. The summed E-state index contributed by atoms with van der Waals surface area (Å²) >= 11 is 12.0. The molecule has 0 saturated carbocycles. The molecule has 0 aromatic heterocycles. The van der Waals surface area contributed by atoms with Crippen molar-refractivity contribution in [3.63, 3.8) is 0 Å². The van der Waals surface area contributed by atoms with Crippen LogP contribution in [-0.4, -0.2) is 0 Å². The fourth-order valence-electron chi connectivity index (χ4n) is 1.80. The van der Waals surface area contributed by atoms with Crippen molar-refractivity contribution in [1.29, 1.82) is 0 Å². The van der Waals surface area contributed by atoms with E-state index < -0.39 is 0 Å². The lowest BCUT2D eigenvalue weighted by molar-refractivity contribution is 0.305. The van der Waals surface area contributed by atoms with E-state index in [4.69, 9.17) is 33.7 Å². The van der Waals surface area contributed by atoms with Crippen LogP contribution < -0.4 is 10.5 Å². The average Bonchev–Trinajstić information content (AvgIpc) is 2.41. The van der Waals surface area contributed by atoms with Gasteiger partial charge in [-0.1, -0.05) is 47.5 Å². The molecule has 2 aromatic rings. The lowest BCUT2D eigenvalue weighted by Gasteiger charge is -2.11. The van der Waals surface area contributed by atoms with Crippen LogP contribution >= 0.6 is 23.2 Å². The molecule has 0 aliphatic heterocycles. The summed E-state index contributed by atoms with van der Waals surface area (Å²) in [5.41, 5.74) is 8.98. The second-order valence-electron chi connectivity index (χ2n) is 4.31. The molecule has 2 aromatic carbocycles. The zero-order chi connectivity index (χ0) is 13.8. The molecule has 0 aliphatic carbocycles. The summed E-state index contributed by atoms with van der Waals surface area (Å²) in [5.74, 6) is 0.594. The minimum absolute atomic E-state index is 0.445. The smallest absolute Gasteiger partial charge is 0.139 e. The molecular formula is C15H15Cl2NO. The predicted molar refractivity (Wildman–Crippen MR) is 79.9 cm³/mol. The number of hydrogen-bond donors (Lipinski definition) is 1. The van der Waals surface area contributed by atoms with E-state index in [1.807, 2.05) is 25.1 Å². The summed E-state index contributed by atoms with van der Waals surface area (Å²) in [4.78, 5) is 0. The maximum atomic E-state index is 6.07. The summed E-state index contributed by atoms with van der Waals surface area (Å²) < 4.78 is 5.71. The molecule has 0 amide bonds. The first-order chi connectivity index (χ1) is 9.11. The Morgan fingerprint density at radius 1 is 1.16 bits per heavy atom. The molecule has 0 heterocycles. The van der Waals surface area contributed by atoms with Crippen LogP contribution in [0.15, 0.2) is 36.4 Å². The highest BCUT2D eigenvalue weighted by atomic mass is 35.5. The van der Waals surface area contributed by atoms with Crippen LogP contribution in [0, 0.1) is 6.92 Å². The van der Waals surface area contributed by atoms with Gasteiger partial charge in [0.25, 0.3) is 0 Å². The maximum absolute atomic E-state index is 6.07. The third kappa shape index (κ3) is 3.41. The Bertz CT molecular complexity index is 584. The molecule has 2 N–H and O–H groups in total. The van der Waals surface area contributed by atoms with Crippen molar-refractivity contribution in [3.05, 3.63) is 63.1 Å². The lowest BCUT2D eigenvalue weighted by atomic mass is 10.1. The van der Waals surface area contributed by atoms with Crippen LogP contribution in [0.2, 0.25) is 10.0 Å². The Morgan fingerprint density at radius 3 is 2.63 bits per heavy atom. The molecule has 0 spiro atoms. The van der Waals surface area contributed by atoms with Gasteiger partial charge in [-0.25, -0.2) is 0 Å². The summed E-state index contributed by atoms with van der Waals surface area (Å²) in [5, 5.41) is 0.940. The first-order valence-electron chi connectivity index (χ1n) is 5.97. The summed E-state index contributed by atoms with van der Waals surface area (Å²) in [7, 11) is 0. The van der Waals surface area contributed by atoms with E-state index in [2.05, 4.69) is 6.07 Å². The van der Waals surface area contributed by atoms with Gasteiger partial charge in [0, 0.05) is 6.54 Å². The Labute approximate surface area is 123 Å². The van der Waals surface area contributed by atoms with Gasteiger partial charge in [-0.15, -0.1) is 0 Å². The molecule has 2 nitrogen and oxygen atoms in total. The molecule has 100 valence electrons. The summed E-state index contributed by atoms with van der Waals surface area (Å²) in [6, 6.07) is 11.4. The molecule has 0 saturated heterocycles. The number of benzene rings is 2. The topological polar surface area (TPSA) is 35.2 Å². The summed E-state index contributed by atoms with van der Waals surface area (Å²) in [6.07, 6.45) is 0. The molecule has 0 fully saturated rings. The molecule has 0 aliphatic rings. The van der Waals surface area contributed by atoms with Crippen molar-refractivity contribution in [2.24, 2.45) is 5.73 Å². The number of rotatable bonds is 4. The monoisotopic (exact) mass is 295 g/mol. The second kappa shape index (κ2) is 6.29. The molecule has 19 heavy (non-hydrogen) atoms. The minimum Gasteiger partial charge on any atom is -0.487 e. The highest BCUT2D eigenvalue weighted by Gasteiger charge is 2.06. The number of halogens is 2. The van der Waals surface area contributed by atoms with Gasteiger partial charge in [-0.3, -0.25) is 0 Å². The van der Waals surface area contributed by atoms with Gasteiger partial charge < -0.3 is 10.5 Å². The van der Waals surface area contributed by atoms with E-state index in [0.717, 1.165) is 16.7 Å². The number of hydrogen-bond acceptors (Lipinski definition) is 2. The normalized spacial score (nSPS) is 10.5. The lowest BCUT2D eigenvalue weighted by Crippen LogP contribution is -2.01. The summed E-state index contributed by atoms with van der Waals surface area (Å²) in [6.45, 7) is 3.04. The van der Waals surface area contributed by atoms with Crippen LogP contribution in [0.25, 0.3) is 0 Å². The van der Waals surface area contributed by atoms with E-state index in [0.29, 0.717) is 28.9 Å². The highest BCUT2D eigenvalue weighted by molar-refractivity contribution is 6.42. The molecule has 2 rings (SSSR count). The van der Waals surface area contributed by atoms with Crippen LogP contribution in [0.3, 0.4) is 0 Å². The van der Waals surface area contributed by atoms with Gasteiger partial charge in [0.2, 0.25) is 0 Å². The van der Waals surface area contributed by atoms with Gasteiger partial charge in [0.15, 0.2) is 0 Å². The van der Waals surface area contributed by atoms with Crippen LogP contribution in [-0.2, 0) is 13.2 Å². The van der Waals surface area contributed by atoms with Crippen LogP contribution in [0.4, 0.5) is 0 Å². The van der Waals surface area contributed by atoms with Gasteiger partial charge in [-0.05, 0) is 35.7 Å². The Hall–Kier alpha value is -1.22. The third-order valence-electron chi connectivity index (χ3n) is 2.94. The molecule has 0 bridgehead atoms. The Kier molecular flexibility index (Phi) is 4.70. The molecule has 4 heteroatoms. The fourth-order valence-corrected chi connectivity index (χ4v) is 2.14. The van der Waals surface area contributed by atoms with E-state index in [9.17, 15) is 0 Å². The van der Waals surface area contributed by atoms with Crippen LogP contribution in [0.5, 0.6) is 5.75 Å². The van der Waals surface area contributed by atoms with Gasteiger partial charge >= 0.3 is 0 Å². The number of aryl methyl sites for hydroxylation is 1. The molecular weight excluding hydrogens is 281 g/mol. The van der Waals surface area contributed by atoms with Crippen LogP contribution in [0.1, 0.15) is 16.7 Å². The largest absolute Gasteiger partial charge is 0.487 e. The van der Waals surface area contributed by atoms with E-state index in [1.165, 1.54) is 0 Å². The Balaban J connectivity index is 2.12. The van der Waals surface area contributed by atoms with Crippen molar-refractivity contribution in [2.75, 3.05) is 0 Å². The second-order valence-corrected chi connectivity index (χ2v) is 5.09. The number of ether oxygens (including phenoxy) is 1. The van der Waals surface area contributed by atoms with E-state index in [-0.39, 0.29) is 0 Å². The SMILES string of the molecule is Cc1cc(CN)ccc1COc1cccc(Cl)c1Cl. The van der Waals surface area contributed by atoms with Crippen molar-refractivity contribution in [2.45, 2.75) is 20.1 Å². The minimum atomic E-state index is 0.445. The zero-order valence-corrected chi connectivity index (χ0v) is 12.1. The van der Waals surface area contributed by atoms with Gasteiger partial charge in [0.05, 0.1) is 5.02 Å². The first kappa shape index (κ1) is 14.2. The molecule has 0 atom stereocenters. The standard InChI is InChI=1S/C15H15Cl2NO/c1-10-7-11(8-18)5-6-12(10)9-19-14-4-2-3-13(16)15(14)17/h2-7H,8-9,18H2,1H3. The van der Waals surface area contributed by atoms with Gasteiger partial charge in [0.1, 0.15) is 17.4 Å². The first-order valence-corrected chi connectivity index (χ1v) is 6.72. The maximum Gasteiger partial charge on any atom is 0.139 e. The zero-order valence-electron chi connectivity index (χ0n) is 10.6. The van der Waals surface area contributed by atoms with Crippen molar-refractivity contribution in [3.8, 4) is 5.75 Å². The molecule has 0 unspecified atom stereocenters. The van der Waals surface area contributed by atoms with Crippen molar-refractivity contribution < 1.29 is 4.74 Å². The van der Waals surface area contributed by atoms with E-state index in [1.54, 1.807) is 12.1 Å². The Morgan fingerprint density at radius 2 is 1.95 bits per heavy atom. The van der Waals surface area contributed by atoms with Crippen molar-refractivity contribution in [1.82, 2.24) is 0 Å². The van der Waals surface area contributed by atoms with E-state index >= 15 is 0 Å². The van der Waals surface area contributed by atoms with Gasteiger partial charge in [-0.2, -0.15) is 0 Å². The third-order valence-corrected chi connectivity index (χ3v) is 3.74. The van der Waals surface area contributed by atoms with Crippen molar-refractivity contribution >= 4 is 23.2 Å².